The first-order valence-electron chi connectivity index (χ1n) is 4.06. The van der Waals surface area contributed by atoms with Gasteiger partial charge in [-0.2, -0.15) is 0 Å². The number of hydrogen-bond acceptors (Lipinski definition) is 3. The van der Waals surface area contributed by atoms with E-state index in [0.717, 1.165) is 12.1 Å². The van der Waals surface area contributed by atoms with Crippen LogP contribution in [-0.4, -0.2) is 12.1 Å². The zero-order valence-electron chi connectivity index (χ0n) is 7.04. The molecule has 0 atom stereocenters. The smallest absolute Gasteiger partial charge is 0.0878 e. The topological polar surface area (TPSA) is 22.1 Å². The molecule has 0 N–H and O–H groups in total. The monoisotopic (exact) mass is 181 g/mol. The molecule has 0 saturated carbocycles. The van der Waals surface area contributed by atoms with Gasteiger partial charge in [0.2, 0.25) is 0 Å². The molecule has 0 spiro atoms. The van der Waals surface area contributed by atoms with Gasteiger partial charge in [-0.3, -0.25) is 0 Å². The van der Waals surface area contributed by atoms with E-state index in [1.165, 1.54) is 23.3 Å². The Morgan fingerprint density at radius 3 is 3.33 bits per heavy atom. The molecule has 1 aliphatic rings. The molecule has 1 aromatic rings. The zero-order valence-corrected chi connectivity index (χ0v) is 7.86. The normalized spacial score (nSPS) is 19.2. The van der Waals surface area contributed by atoms with E-state index >= 15 is 0 Å². The number of ether oxygens (including phenoxy) is 1. The lowest BCUT2D eigenvalue weighted by atomic mass is 9.98. The van der Waals surface area contributed by atoms with E-state index in [-0.39, 0.29) is 0 Å². The van der Waals surface area contributed by atoms with Crippen molar-refractivity contribution in [2.45, 2.75) is 19.3 Å². The molecule has 0 radical (unpaired) electrons. The van der Waals surface area contributed by atoms with Crippen molar-refractivity contribution in [3.05, 3.63) is 22.3 Å². The maximum atomic E-state index is 5.01. The molecule has 64 valence electrons. The van der Waals surface area contributed by atoms with Crippen LogP contribution >= 0.6 is 11.3 Å². The molecule has 12 heavy (non-hydrogen) atoms. The second-order valence-electron chi connectivity index (χ2n) is 2.86. The number of allylic oxidation sites excluding steroid dienone is 1. The summed E-state index contributed by atoms with van der Waals surface area (Å²) in [5.41, 5.74) is 4.33. The quantitative estimate of drug-likeness (QED) is 0.621. The van der Waals surface area contributed by atoms with Crippen molar-refractivity contribution in [2.24, 2.45) is 0 Å². The van der Waals surface area contributed by atoms with Crippen LogP contribution in [0.25, 0.3) is 5.57 Å². The van der Waals surface area contributed by atoms with Gasteiger partial charge in [-0.25, -0.2) is 4.98 Å². The summed E-state index contributed by atoms with van der Waals surface area (Å²) in [6.07, 6.45) is 5.33. The number of hydrogen-bond donors (Lipinski definition) is 0. The number of aryl methyl sites for hydroxylation is 1. The summed E-state index contributed by atoms with van der Waals surface area (Å²) in [5, 5.41) is 0. The average Bonchev–Trinajstić information content (AvgIpc) is 2.53. The number of thiazole rings is 1. The molecule has 0 bridgehead atoms. The van der Waals surface area contributed by atoms with Gasteiger partial charge in [0.1, 0.15) is 0 Å². The summed E-state index contributed by atoms with van der Waals surface area (Å²) in [6, 6.07) is 0. The number of nitrogens with zero attached hydrogens (tertiary/aromatic N) is 1. The summed E-state index contributed by atoms with van der Waals surface area (Å²) in [6.45, 7) is 0. The Kier molecular flexibility index (Phi) is 2.13. The average molecular weight is 181 g/mol. The first kappa shape index (κ1) is 7.80. The Balaban J connectivity index is 2.38. The lowest BCUT2D eigenvalue weighted by molar-refractivity contribution is 0.338. The first-order valence-corrected chi connectivity index (χ1v) is 4.94. The standard InChI is InChI=1S/C9H11NOS/c1-11-5-7-3-2-4-8-9(7)10-6-12-8/h5-6H,2-4H2,1H3. The van der Waals surface area contributed by atoms with Crippen LogP contribution in [-0.2, 0) is 11.2 Å². The molecule has 0 amide bonds. The highest BCUT2D eigenvalue weighted by atomic mass is 32.1. The van der Waals surface area contributed by atoms with E-state index < -0.39 is 0 Å². The SMILES string of the molecule is COC=C1CCCc2scnc21. The minimum atomic E-state index is 1.10. The second-order valence-corrected chi connectivity index (χ2v) is 3.80. The van der Waals surface area contributed by atoms with Crippen LogP contribution in [0, 0.1) is 0 Å². The number of rotatable bonds is 1. The minimum absolute atomic E-state index is 1.10. The summed E-state index contributed by atoms with van der Waals surface area (Å²) in [5.74, 6) is 0. The lowest BCUT2D eigenvalue weighted by Gasteiger charge is -2.12. The van der Waals surface area contributed by atoms with Crippen LogP contribution in [0.3, 0.4) is 0 Å². The Morgan fingerprint density at radius 1 is 1.58 bits per heavy atom. The molecule has 0 saturated heterocycles. The number of aromatic nitrogens is 1. The van der Waals surface area contributed by atoms with Crippen molar-refractivity contribution in [1.29, 1.82) is 0 Å². The van der Waals surface area contributed by atoms with Gasteiger partial charge in [0.15, 0.2) is 0 Å². The van der Waals surface area contributed by atoms with Gasteiger partial charge in [0, 0.05) is 10.5 Å². The highest BCUT2D eigenvalue weighted by Crippen LogP contribution is 2.31. The summed E-state index contributed by atoms with van der Waals surface area (Å²) in [4.78, 5) is 5.73. The Morgan fingerprint density at radius 2 is 2.50 bits per heavy atom. The molecular weight excluding hydrogens is 170 g/mol. The zero-order chi connectivity index (χ0) is 8.39. The molecule has 2 nitrogen and oxygen atoms in total. The first-order chi connectivity index (χ1) is 5.92. The molecule has 0 unspecified atom stereocenters. The fraction of sp³-hybridized carbons (Fsp3) is 0.444. The van der Waals surface area contributed by atoms with Crippen LogP contribution in [0.1, 0.15) is 23.4 Å². The molecule has 0 fully saturated rings. The van der Waals surface area contributed by atoms with Gasteiger partial charge >= 0.3 is 0 Å². The van der Waals surface area contributed by atoms with Gasteiger partial charge in [-0.15, -0.1) is 11.3 Å². The van der Waals surface area contributed by atoms with Crippen molar-refractivity contribution in [3.8, 4) is 0 Å². The van der Waals surface area contributed by atoms with Crippen LogP contribution in [0.2, 0.25) is 0 Å². The van der Waals surface area contributed by atoms with Crippen molar-refractivity contribution in [2.75, 3.05) is 7.11 Å². The molecule has 0 aliphatic heterocycles. The van der Waals surface area contributed by atoms with Crippen molar-refractivity contribution in [3.63, 3.8) is 0 Å². The molecular formula is C9H11NOS. The highest BCUT2D eigenvalue weighted by Gasteiger charge is 2.16. The third-order valence-electron chi connectivity index (χ3n) is 2.06. The summed E-state index contributed by atoms with van der Waals surface area (Å²) >= 11 is 1.75. The van der Waals surface area contributed by atoms with E-state index in [1.807, 2.05) is 11.8 Å². The van der Waals surface area contributed by atoms with Gasteiger partial charge in [-0.05, 0) is 19.3 Å². The van der Waals surface area contributed by atoms with Crippen LogP contribution in [0.4, 0.5) is 0 Å². The third kappa shape index (κ3) is 1.25. The molecule has 2 rings (SSSR count). The molecule has 1 aromatic heterocycles. The third-order valence-corrected chi connectivity index (χ3v) is 2.95. The van der Waals surface area contributed by atoms with E-state index in [2.05, 4.69) is 4.98 Å². The second kappa shape index (κ2) is 3.27. The predicted molar refractivity (Wildman–Crippen MR) is 50.0 cm³/mol. The van der Waals surface area contributed by atoms with E-state index in [9.17, 15) is 0 Å². The van der Waals surface area contributed by atoms with Crippen LogP contribution in [0.5, 0.6) is 0 Å². The van der Waals surface area contributed by atoms with Gasteiger partial charge in [0.05, 0.1) is 24.6 Å². The fourth-order valence-electron chi connectivity index (χ4n) is 1.52. The van der Waals surface area contributed by atoms with Crippen molar-refractivity contribution in [1.82, 2.24) is 4.98 Å². The van der Waals surface area contributed by atoms with Crippen molar-refractivity contribution < 1.29 is 4.74 Å². The summed E-state index contributed by atoms with van der Waals surface area (Å²) in [7, 11) is 1.69. The van der Waals surface area contributed by atoms with Gasteiger partial charge in [0.25, 0.3) is 0 Å². The van der Waals surface area contributed by atoms with Gasteiger partial charge in [-0.1, -0.05) is 0 Å². The Bertz CT molecular complexity index is 303. The highest BCUT2D eigenvalue weighted by molar-refractivity contribution is 7.09. The van der Waals surface area contributed by atoms with Gasteiger partial charge < -0.3 is 4.74 Å². The maximum Gasteiger partial charge on any atom is 0.0878 e. The van der Waals surface area contributed by atoms with E-state index in [1.54, 1.807) is 18.4 Å². The maximum absolute atomic E-state index is 5.01. The van der Waals surface area contributed by atoms with E-state index in [4.69, 9.17) is 4.74 Å². The fourth-order valence-corrected chi connectivity index (χ4v) is 2.37. The van der Waals surface area contributed by atoms with Crippen LogP contribution < -0.4 is 0 Å². The minimum Gasteiger partial charge on any atom is -0.504 e. The van der Waals surface area contributed by atoms with Crippen LogP contribution in [0.15, 0.2) is 11.8 Å². The number of fused-ring (bicyclic) bond motifs is 1. The predicted octanol–water partition coefficient (Wildman–Crippen LogP) is 2.47. The Hall–Kier alpha value is -0.830. The van der Waals surface area contributed by atoms with Crippen molar-refractivity contribution >= 4 is 16.9 Å². The largest absolute Gasteiger partial charge is 0.504 e. The molecule has 3 heteroatoms. The lowest BCUT2D eigenvalue weighted by Crippen LogP contribution is -1.99. The number of methoxy groups -OCH3 is 1. The van der Waals surface area contributed by atoms with E-state index in [0.29, 0.717) is 0 Å². The molecule has 0 aromatic carbocycles. The molecule has 1 heterocycles. The Labute approximate surface area is 75.9 Å². The molecule has 1 aliphatic carbocycles. The summed E-state index contributed by atoms with van der Waals surface area (Å²) < 4.78 is 5.01.